The highest BCUT2D eigenvalue weighted by atomic mass is 32.2. The second kappa shape index (κ2) is 7.84. The van der Waals surface area contributed by atoms with Gasteiger partial charge in [0.15, 0.2) is 0 Å². The number of aliphatic carboxylic acids is 1. The van der Waals surface area contributed by atoms with Crippen molar-refractivity contribution in [2.24, 2.45) is 0 Å². The minimum absolute atomic E-state index is 0.163. The van der Waals surface area contributed by atoms with Crippen LogP contribution >= 0.6 is 0 Å². The molecule has 0 aliphatic rings. The van der Waals surface area contributed by atoms with Crippen molar-refractivity contribution in [1.82, 2.24) is 0 Å². The van der Waals surface area contributed by atoms with E-state index in [0.717, 1.165) is 5.56 Å². The Bertz CT molecular complexity index is 462. The topological polar surface area (TPSA) is 80.7 Å². The highest BCUT2D eigenvalue weighted by molar-refractivity contribution is 7.86. The molecule has 0 aliphatic carbocycles. The number of aryl methyl sites for hydroxylation is 1. The van der Waals surface area contributed by atoms with Crippen LogP contribution in [0.5, 0.6) is 0 Å². The van der Waals surface area contributed by atoms with E-state index in [0.29, 0.717) is 0 Å². The summed E-state index contributed by atoms with van der Waals surface area (Å²) < 4.78 is 27.3. The van der Waals surface area contributed by atoms with Crippen LogP contribution < -0.4 is 0 Å². The minimum atomic E-state index is -3.53. The van der Waals surface area contributed by atoms with E-state index >= 15 is 0 Å². The summed E-state index contributed by atoms with van der Waals surface area (Å²) in [5.41, 5.74) is 1.02. The maximum atomic E-state index is 11.3. The Morgan fingerprint density at radius 1 is 1.22 bits per heavy atom. The van der Waals surface area contributed by atoms with Gasteiger partial charge in [-0.3, -0.25) is 8.98 Å². The third-order valence-electron chi connectivity index (χ3n) is 1.89. The molecule has 0 heterocycles. The second-order valence-electron chi connectivity index (χ2n) is 3.42. The number of hydrogen-bond donors (Lipinski definition) is 1. The Hall–Kier alpha value is -1.40. The van der Waals surface area contributed by atoms with Crippen LogP contribution in [0.15, 0.2) is 29.2 Å². The van der Waals surface area contributed by atoms with E-state index in [1.54, 1.807) is 38.1 Å². The van der Waals surface area contributed by atoms with Gasteiger partial charge >= 0.3 is 5.97 Å². The first-order chi connectivity index (χ1) is 8.33. The third kappa shape index (κ3) is 6.36. The predicted octanol–water partition coefficient (Wildman–Crippen LogP) is 2.20. The first kappa shape index (κ1) is 16.6. The standard InChI is InChI=1S/C9H12O3S.C3H6O2/c1-3-12-13(10,11)9-6-4-8(2)5-7-9;1-2-3(4)5/h4-7H,3H2,1-2H3;2H2,1H3,(H,4,5). The summed E-state index contributed by atoms with van der Waals surface area (Å²) >= 11 is 0. The molecule has 0 atom stereocenters. The number of benzene rings is 1. The first-order valence-corrected chi connectivity index (χ1v) is 6.92. The van der Waals surface area contributed by atoms with E-state index in [1.807, 2.05) is 6.92 Å². The molecule has 1 aromatic rings. The molecular formula is C12H18O5S. The van der Waals surface area contributed by atoms with Gasteiger partial charge in [-0.2, -0.15) is 8.42 Å². The number of carboxylic acid groups (broad SMARTS) is 1. The van der Waals surface area contributed by atoms with E-state index in [9.17, 15) is 13.2 Å². The lowest BCUT2D eigenvalue weighted by Gasteiger charge is -2.02. The molecule has 0 bridgehead atoms. The lowest BCUT2D eigenvalue weighted by molar-refractivity contribution is -0.136. The van der Waals surface area contributed by atoms with Gasteiger partial charge < -0.3 is 5.11 Å². The van der Waals surface area contributed by atoms with Crippen molar-refractivity contribution in [3.05, 3.63) is 29.8 Å². The number of rotatable bonds is 4. The normalized spacial score (nSPS) is 10.4. The van der Waals surface area contributed by atoms with Crippen molar-refractivity contribution in [1.29, 1.82) is 0 Å². The van der Waals surface area contributed by atoms with Gasteiger partial charge in [0.1, 0.15) is 0 Å². The van der Waals surface area contributed by atoms with Crippen LogP contribution in [0.4, 0.5) is 0 Å². The molecule has 1 rings (SSSR count). The molecule has 0 spiro atoms. The van der Waals surface area contributed by atoms with Crippen molar-refractivity contribution in [3.63, 3.8) is 0 Å². The zero-order valence-corrected chi connectivity index (χ0v) is 11.5. The number of carbonyl (C=O) groups is 1. The summed E-state index contributed by atoms with van der Waals surface area (Å²) in [7, 11) is -3.53. The van der Waals surface area contributed by atoms with Crippen molar-refractivity contribution in [2.75, 3.05) is 6.61 Å². The first-order valence-electron chi connectivity index (χ1n) is 5.51. The average molecular weight is 274 g/mol. The molecule has 18 heavy (non-hydrogen) atoms. The van der Waals surface area contributed by atoms with Gasteiger partial charge in [-0.15, -0.1) is 0 Å². The van der Waals surface area contributed by atoms with Crippen LogP contribution in [0.3, 0.4) is 0 Å². The fourth-order valence-corrected chi connectivity index (χ4v) is 1.84. The van der Waals surface area contributed by atoms with Crippen LogP contribution in [0.2, 0.25) is 0 Å². The Balaban J connectivity index is 0.000000494. The number of carboxylic acids is 1. The van der Waals surface area contributed by atoms with Gasteiger partial charge in [0.05, 0.1) is 11.5 Å². The van der Waals surface area contributed by atoms with Crippen molar-refractivity contribution in [3.8, 4) is 0 Å². The molecule has 0 radical (unpaired) electrons. The molecule has 0 amide bonds. The maximum absolute atomic E-state index is 11.3. The molecule has 6 heteroatoms. The zero-order chi connectivity index (χ0) is 14.2. The van der Waals surface area contributed by atoms with Gasteiger partial charge in [0.25, 0.3) is 10.1 Å². The van der Waals surface area contributed by atoms with Gasteiger partial charge in [0, 0.05) is 6.42 Å². The summed E-state index contributed by atoms with van der Waals surface area (Å²) in [6.07, 6.45) is 0.222. The molecular weight excluding hydrogens is 256 g/mol. The summed E-state index contributed by atoms with van der Waals surface area (Å²) in [6.45, 7) is 5.31. The van der Waals surface area contributed by atoms with Crippen LogP contribution in [0.25, 0.3) is 0 Å². The Morgan fingerprint density at radius 2 is 1.67 bits per heavy atom. The van der Waals surface area contributed by atoms with Crippen LogP contribution in [-0.2, 0) is 19.1 Å². The van der Waals surface area contributed by atoms with Crippen molar-refractivity contribution in [2.45, 2.75) is 32.1 Å². The minimum Gasteiger partial charge on any atom is -0.481 e. The Labute approximate surface area is 108 Å². The van der Waals surface area contributed by atoms with Crippen LogP contribution in [0, 0.1) is 6.92 Å². The lowest BCUT2D eigenvalue weighted by Crippen LogP contribution is -2.05. The van der Waals surface area contributed by atoms with Gasteiger partial charge in [-0.25, -0.2) is 0 Å². The van der Waals surface area contributed by atoms with Crippen LogP contribution in [-0.4, -0.2) is 26.1 Å². The van der Waals surface area contributed by atoms with Crippen LogP contribution in [0.1, 0.15) is 25.8 Å². The third-order valence-corrected chi connectivity index (χ3v) is 3.28. The monoisotopic (exact) mass is 274 g/mol. The zero-order valence-electron chi connectivity index (χ0n) is 10.7. The molecule has 0 saturated heterocycles. The van der Waals surface area contributed by atoms with E-state index in [4.69, 9.17) is 5.11 Å². The summed E-state index contributed by atoms with van der Waals surface area (Å²) in [5, 5.41) is 7.72. The number of hydrogen-bond acceptors (Lipinski definition) is 4. The quantitative estimate of drug-likeness (QED) is 0.851. The van der Waals surface area contributed by atoms with Crippen molar-refractivity contribution < 1.29 is 22.5 Å². The average Bonchev–Trinajstić information content (AvgIpc) is 2.30. The van der Waals surface area contributed by atoms with Gasteiger partial charge in [-0.1, -0.05) is 24.6 Å². The highest BCUT2D eigenvalue weighted by Crippen LogP contribution is 2.12. The largest absolute Gasteiger partial charge is 0.481 e. The molecule has 0 saturated carbocycles. The van der Waals surface area contributed by atoms with Gasteiger partial charge in [0.2, 0.25) is 0 Å². The maximum Gasteiger partial charge on any atom is 0.303 e. The molecule has 102 valence electrons. The van der Waals surface area contributed by atoms with Crippen molar-refractivity contribution >= 4 is 16.1 Å². The summed E-state index contributed by atoms with van der Waals surface area (Å²) in [4.78, 5) is 9.58. The van der Waals surface area contributed by atoms with E-state index in [2.05, 4.69) is 4.18 Å². The molecule has 5 nitrogen and oxygen atoms in total. The highest BCUT2D eigenvalue weighted by Gasteiger charge is 2.12. The Morgan fingerprint density at radius 3 is 2.00 bits per heavy atom. The van der Waals surface area contributed by atoms with Gasteiger partial charge in [-0.05, 0) is 26.0 Å². The summed E-state index contributed by atoms with van der Waals surface area (Å²) in [5.74, 6) is -0.745. The predicted molar refractivity (Wildman–Crippen MR) is 67.9 cm³/mol. The molecule has 1 N–H and O–H groups in total. The fourth-order valence-electron chi connectivity index (χ4n) is 0.928. The molecule has 0 fully saturated rings. The summed E-state index contributed by atoms with van der Waals surface area (Å²) in [6, 6.07) is 6.57. The lowest BCUT2D eigenvalue weighted by atomic mass is 10.2. The molecule has 0 aliphatic heterocycles. The molecule has 0 unspecified atom stereocenters. The Kier molecular flexibility index (Phi) is 7.23. The van der Waals surface area contributed by atoms with E-state index in [1.165, 1.54) is 0 Å². The fraction of sp³-hybridized carbons (Fsp3) is 0.417. The smallest absolute Gasteiger partial charge is 0.303 e. The van der Waals surface area contributed by atoms with E-state index < -0.39 is 16.1 Å². The van der Waals surface area contributed by atoms with E-state index in [-0.39, 0.29) is 17.9 Å². The molecule has 0 aromatic heterocycles. The second-order valence-corrected chi connectivity index (χ2v) is 5.04. The SMILES string of the molecule is CCC(=O)O.CCOS(=O)(=O)c1ccc(C)cc1. The molecule has 1 aromatic carbocycles.